The van der Waals surface area contributed by atoms with Crippen molar-refractivity contribution < 1.29 is 4.42 Å². The fourth-order valence-electron chi connectivity index (χ4n) is 1.74. The largest absolute Gasteiger partial charge is 0.440 e. The van der Waals surface area contributed by atoms with Crippen LogP contribution in [-0.4, -0.2) is 11.0 Å². The van der Waals surface area contributed by atoms with Crippen molar-refractivity contribution in [2.45, 2.75) is 30.4 Å². The van der Waals surface area contributed by atoms with E-state index in [0.717, 1.165) is 0 Å². The van der Waals surface area contributed by atoms with E-state index >= 15 is 0 Å². The van der Waals surface area contributed by atoms with Gasteiger partial charge in [0.25, 0.3) is 5.22 Å². The second-order valence-electron chi connectivity index (χ2n) is 4.05. The Kier molecular flexibility index (Phi) is 3.86. The average molecular weight is 248 g/mol. The van der Waals surface area contributed by atoms with Gasteiger partial charge in [-0.15, -0.1) is 0 Å². The molecule has 0 aliphatic heterocycles. The summed E-state index contributed by atoms with van der Waals surface area (Å²) in [5, 5.41) is 0.824. The van der Waals surface area contributed by atoms with Crippen LogP contribution in [0.3, 0.4) is 0 Å². The molecule has 0 saturated heterocycles. The van der Waals surface area contributed by atoms with Crippen molar-refractivity contribution in [1.82, 2.24) is 4.98 Å². The molecule has 2 rings (SSSR count). The number of thioether (sulfide) groups is 1. The van der Waals surface area contributed by atoms with Gasteiger partial charge < -0.3 is 10.2 Å². The first-order valence-electron chi connectivity index (χ1n) is 5.55. The molecule has 2 unspecified atom stereocenters. The Labute approximate surface area is 105 Å². The standard InChI is InChI=1S/C13H16N2OS/c1-9-5-3-4-6-11(9)12(10(2)14)17-13-15-7-8-16-13/h3-8,10,12H,14H2,1-2H3. The normalized spacial score (nSPS) is 14.5. The van der Waals surface area contributed by atoms with Crippen molar-refractivity contribution >= 4 is 11.8 Å². The molecule has 0 aliphatic rings. The van der Waals surface area contributed by atoms with Crippen molar-refractivity contribution in [2.75, 3.05) is 0 Å². The highest BCUT2D eigenvalue weighted by Gasteiger charge is 2.21. The summed E-state index contributed by atoms with van der Waals surface area (Å²) in [7, 11) is 0. The Balaban J connectivity index is 2.27. The Morgan fingerprint density at radius 3 is 2.71 bits per heavy atom. The number of aromatic nitrogens is 1. The van der Waals surface area contributed by atoms with Crippen molar-refractivity contribution in [3.05, 3.63) is 47.9 Å². The van der Waals surface area contributed by atoms with Crippen LogP contribution in [0, 0.1) is 6.92 Å². The second kappa shape index (κ2) is 5.38. The summed E-state index contributed by atoms with van der Waals surface area (Å²) in [6.45, 7) is 4.11. The number of benzene rings is 1. The molecule has 1 aromatic heterocycles. The minimum Gasteiger partial charge on any atom is -0.440 e. The molecule has 0 radical (unpaired) electrons. The number of hydrogen-bond acceptors (Lipinski definition) is 4. The SMILES string of the molecule is Cc1ccccc1C(Sc1ncco1)C(C)N. The third-order valence-electron chi connectivity index (χ3n) is 2.61. The number of nitrogens with zero attached hydrogens (tertiary/aromatic N) is 1. The molecule has 17 heavy (non-hydrogen) atoms. The highest BCUT2D eigenvalue weighted by atomic mass is 32.2. The summed E-state index contributed by atoms with van der Waals surface area (Å²) >= 11 is 1.57. The van der Waals surface area contributed by atoms with E-state index in [1.54, 1.807) is 24.2 Å². The molecule has 3 nitrogen and oxygen atoms in total. The van der Waals surface area contributed by atoms with Crippen LogP contribution < -0.4 is 5.73 Å². The van der Waals surface area contributed by atoms with Gasteiger partial charge in [0.2, 0.25) is 0 Å². The van der Waals surface area contributed by atoms with Gasteiger partial charge in [0.1, 0.15) is 6.26 Å². The van der Waals surface area contributed by atoms with Gasteiger partial charge in [0.15, 0.2) is 0 Å². The maximum Gasteiger partial charge on any atom is 0.256 e. The summed E-state index contributed by atoms with van der Waals surface area (Å²) in [5.41, 5.74) is 8.55. The van der Waals surface area contributed by atoms with Crippen molar-refractivity contribution in [3.8, 4) is 0 Å². The van der Waals surface area contributed by atoms with Gasteiger partial charge in [0, 0.05) is 6.04 Å². The first-order chi connectivity index (χ1) is 8.18. The van der Waals surface area contributed by atoms with Crippen LogP contribution in [0.4, 0.5) is 0 Å². The van der Waals surface area contributed by atoms with Crippen molar-refractivity contribution in [3.63, 3.8) is 0 Å². The van der Waals surface area contributed by atoms with Crippen LogP contribution in [-0.2, 0) is 0 Å². The van der Waals surface area contributed by atoms with Crippen molar-refractivity contribution in [2.24, 2.45) is 5.73 Å². The van der Waals surface area contributed by atoms with E-state index in [1.807, 2.05) is 19.1 Å². The van der Waals surface area contributed by atoms with Crippen LogP contribution in [0.5, 0.6) is 0 Å². The molecule has 0 aliphatic carbocycles. The van der Waals surface area contributed by atoms with Crippen LogP contribution in [0.2, 0.25) is 0 Å². The minimum atomic E-state index is 0.0352. The predicted molar refractivity (Wildman–Crippen MR) is 69.9 cm³/mol. The fraction of sp³-hybridized carbons (Fsp3) is 0.308. The lowest BCUT2D eigenvalue weighted by Crippen LogP contribution is -2.23. The topological polar surface area (TPSA) is 52.0 Å². The third kappa shape index (κ3) is 2.90. The maximum absolute atomic E-state index is 6.06. The summed E-state index contributed by atoms with van der Waals surface area (Å²) < 4.78 is 5.27. The predicted octanol–water partition coefficient (Wildman–Crippen LogP) is 3.16. The monoisotopic (exact) mass is 248 g/mol. The summed E-state index contributed by atoms with van der Waals surface area (Å²) in [6.07, 6.45) is 3.23. The van der Waals surface area contributed by atoms with Gasteiger partial charge in [0.05, 0.1) is 11.4 Å². The molecule has 1 heterocycles. The molecule has 2 atom stereocenters. The minimum absolute atomic E-state index is 0.0352. The average Bonchev–Trinajstić information content (AvgIpc) is 2.79. The van der Waals surface area contributed by atoms with E-state index in [9.17, 15) is 0 Å². The van der Waals surface area contributed by atoms with E-state index in [4.69, 9.17) is 10.2 Å². The molecule has 0 fully saturated rings. The second-order valence-corrected chi connectivity index (χ2v) is 5.14. The lowest BCUT2D eigenvalue weighted by molar-refractivity contribution is 0.452. The first kappa shape index (κ1) is 12.2. The van der Waals surface area contributed by atoms with Gasteiger partial charge in [-0.25, -0.2) is 4.98 Å². The Morgan fingerprint density at radius 2 is 2.12 bits per heavy atom. The Bertz CT molecular complexity index is 468. The van der Waals surface area contributed by atoms with Crippen molar-refractivity contribution in [1.29, 1.82) is 0 Å². The van der Waals surface area contributed by atoms with Crippen LogP contribution in [0.25, 0.3) is 0 Å². The first-order valence-corrected chi connectivity index (χ1v) is 6.43. The number of aryl methyl sites for hydroxylation is 1. The van der Waals surface area contributed by atoms with Crippen LogP contribution in [0.1, 0.15) is 23.3 Å². The molecule has 0 bridgehead atoms. The van der Waals surface area contributed by atoms with E-state index in [1.165, 1.54) is 11.1 Å². The quantitative estimate of drug-likeness (QED) is 0.844. The van der Waals surface area contributed by atoms with E-state index < -0.39 is 0 Å². The summed E-state index contributed by atoms with van der Waals surface area (Å²) in [5.74, 6) is 0. The molecule has 0 saturated carbocycles. The van der Waals surface area contributed by atoms with Gasteiger partial charge in [-0.3, -0.25) is 0 Å². The molecule has 1 aromatic carbocycles. The van der Waals surface area contributed by atoms with Crippen LogP contribution in [0.15, 0.2) is 46.4 Å². The van der Waals surface area contributed by atoms with Gasteiger partial charge in [-0.05, 0) is 25.0 Å². The molecular weight excluding hydrogens is 232 g/mol. The zero-order chi connectivity index (χ0) is 12.3. The number of rotatable bonds is 4. The lowest BCUT2D eigenvalue weighted by Gasteiger charge is -2.20. The fourth-order valence-corrected chi connectivity index (χ4v) is 2.79. The maximum atomic E-state index is 6.06. The summed E-state index contributed by atoms with van der Waals surface area (Å²) in [6, 6.07) is 8.31. The van der Waals surface area contributed by atoms with E-state index in [2.05, 4.69) is 24.0 Å². The highest BCUT2D eigenvalue weighted by molar-refractivity contribution is 7.99. The Hall–Kier alpha value is -1.26. The molecule has 0 amide bonds. The molecule has 2 aromatic rings. The van der Waals surface area contributed by atoms with Crippen LogP contribution >= 0.6 is 11.8 Å². The number of oxazole rings is 1. The van der Waals surface area contributed by atoms with Gasteiger partial charge in [-0.2, -0.15) is 0 Å². The summed E-state index contributed by atoms with van der Waals surface area (Å²) in [4.78, 5) is 4.13. The van der Waals surface area contributed by atoms with Gasteiger partial charge >= 0.3 is 0 Å². The molecule has 4 heteroatoms. The Morgan fingerprint density at radius 1 is 1.35 bits per heavy atom. The van der Waals surface area contributed by atoms with E-state index in [-0.39, 0.29) is 11.3 Å². The van der Waals surface area contributed by atoms with Gasteiger partial charge in [-0.1, -0.05) is 36.0 Å². The molecule has 2 N–H and O–H groups in total. The molecule has 0 spiro atoms. The number of hydrogen-bond donors (Lipinski definition) is 1. The lowest BCUT2D eigenvalue weighted by atomic mass is 10.0. The molecular formula is C13H16N2OS. The highest BCUT2D eigenvalue weighted by Crippen LogP contribution is 2.37. The zero-order valence-corrected chi connectivity index (χ0v) is 10.8. The smallest absolute Gasteiger partial charge is 0.256 e. The zero-order valence-electron chi connectivity index (χ0n) is 9.96. The molecule has 90 valence electrons. The third-order valence-corrected chi connectivity index (χ3v) is 3.95. The number of nitrogens with two attached hydrogens (primary N) is 1. The van der Waals surface area contributed by atoms with E-state index in [0.29, 0.717) is 5.22 Å².